The van der Waals surface area contributed by atoms with Crippen LogP contribution in [-0.2, 0) is 0 Å². The third kappa shape index (κ3) is 3.47. The molecule has 0 saturated carbocycles. The molecule has 0 aliphatic carbocycles. The van der Waals surface area contributed by atoms with Crippen molar-refractivity contribution < 1.29 is 0 Å². The fourth-order valence-corrected chi connectivity index (χ4v) is 1.15. The first kappa shape index (κ1) is 11.3. The first-order chi connectivity index (χ1) is 6.99. The van der Waals surface area contributed by atoms with Crippen LogP contribution in [0.1, 0.15) is 5.56 Å². The molecule has 1 aromatic carbocycles. The lowest BCUT2D eigenvalue weighted by atomic mass is 10.2. The summed E-state index contributed by atoms with van der Waals surface area (Å²) in [6.45, 7) is 1.87. The van der Waals surface area contributed by atoms with Crippen LogP contribution in [-0.4, -0.2) is 11.9 Å². The van der Waals surface area contributed by atoms with Gasteiger partial charge in [-0.1, -0.05) is 11.6 Å². The quantitative estimate of drug-likeness (QED) is 0.370. The summed E-state index contributed by atoms with van der Waals surface area (Å²) in [4.78, 5) is 0. The number of nitrogens with one attached hydrogen (secondary N) is 4. The average molecular weight is 226 g/mol. The highest BCUT2D eigenvalue weighted by molar-refractivity contribution is 6.31. The van der Waals surface area contributed by atoms with Crippen LogP contribution in [0.15, 0.2) is 18.2 Å². The lowest BCUT2D eigenvalue weighted by Gasteiger charge is -2.09. The minimum Gasteiger partial charge on any atom is -0.370 e. The van der Waals surface area contributed by atoms with Crippen LogP contribution in [0, 0.1) is 17.7 Å². The number of guanidine groups is 2. The van der Waals surface area contributed by atoms with Gasteiger partial charge in [0.15, 0.2) is 11.9 Å². The van der Waals surface area contributed by atoms with Gasteiger partial charge in [0.1, 0.15) is 0 Å². The zero-order valence-corrected chi connectivity index (χ0v) is 8.94. The second kappa shape index (κ2) is 4.65. The lowest BCUT2D eigenvalue weighted by molar-refractivity contribution is 1.20. The fourth-order valence-electron chi connectivity index (χ4n) is 1.03. The van der Waals surface area contributed by atoms with E-state index in [0.717, 1.165) is 11.3 Å². The van der Waals surface area contributed by atoms with Crippen LogP contribution in [0.4, 0.5) is 5.69 Å². The van der Waals surface area contributed by atoms with E-state index in [1.165, 1.54) is 0 Å². The number of nitrogens with two attached hydrogens (primary N) is 1. The van der Waals surface area contributed by atoms with E-state index in [4.69, 9.17) is 28.2 Å². The molecule has 15 heavy (non-hydrogen) atoms. The normalized spacial score (nSPS) is 9.47. The van der Waals surface area contributed by atoms with Crippen molar-refractivity contribution in [3.8, 4) is 0 Å². The Morgan fingerprint density at radius 2 is 2.07 bits per heavy atom. The molecular weight excluding hydrogens is 214 g/mol. The standard InChI is InChI=1S/C9H12ClN5/c1-5-4-6(2-3-7(5)10)14-9(13)15-8(11)12/h2-4H,1H3,(H6,11,12,13,14,15). The Morgan fingerprint density at radius 3 is 2.60 bits per heavy atom. The molecule has 5 nitrogen and oxygen atoms in total. The molecule has 1 aromatic rings. The van der Waals surface area contributed by atoms with E-state index < -0.39 is 0 Å². The number of halogens is 1. The van der Waals surface area contributed by atoms with E-state index in [1.54, 1.807) is 18.2 Å². The smallest absolute Gasteiger partial charge is 0.199 e. The van der Waals surface area contributed by atoms with Gasteiger partial charge in [-0.25, -0.2) is 0 Å². The zero-order valence-electron chi connectivity index (χ0n) is 8.19. The number of hydrogen-bond acceptors (Lipinski definition) is 2. The molecule has 0 saturated heterocycles. The van der Waals surface area contributed by atoms with Crippen molar-refractivity contribution in [2.45, 2.75) is 6.92 Å². The van der Waals surface area contributed by atoms with Gasteiger partial charge in [-0.05, 0) is 30.7 Å². The van der Waals surface area contributed by atoms with Crippen molar-refractivity contribution in [3.63, 3.8) is 0 Å². The second-order valence-corrected chi connectivity index (χ2v) is 3.41. The van der Waals surface area contributed by atoms with Gasteiger partial charge in [0, 0.05) is 10.7 Å². The predicted octanol–water partition coefficient (Wildman–Crippen LogP) is 1.48. The molecule has 0 heterocycles. The molecule has 0 fully saturated rings. The number of rotatable bonds is 1. The van der Waals surface area contributed by atoms with E-state index >= 15 is 0 Å². The minimum absolute atomic E-state index is 0.0516. The molecule has 1 rings (SSSR count). The first-order valence-electron chi connectivity index (χ1n) is 4.22. The van der Waals surface area contributed by atoms with Gasteiger partial charge in [-0.3, -0.25) is 16.1 Å². The molecule has 0 atom stereocenters. The van der Waals surface area contributed by atoms with Gasteiger partial charge in [0.05, 0.1) is 0 Å². The molecule has 0 aliphatic rings. The Kier molecular flexibility index (Phi) is 3.51. The highest BCUT2D eigenvalue weighted by Gasteiger charge is 2.00. The van der Waals surface area contributed by atoms with Crippen molar-refractivity contribution in [3.05, 3.63) is 28.8 Å². The van der Waals surface area contributed by atoms with Gasteiger partial charge in [0.25, 0.3) is 0 Å². The SMILES string of the molecule is Cc1cc(NC(=N)NC(=N)N)ccc1Cl. The Balaban J connectivity index is 2.69. The Hall–Kier alpha value is -1.75. The third-order valence-corrected chi connectivity index (χ3v) is 2.11. The molecule has 0 bridgehead atoms. The minimum atomic E-state index is -0.279. The molecule has 6 N–H and O–H groups in total. The van der Waals surface area contributed by atoms with Crippen molar-refractivity contribution in [1.29, 1.82) is 10.8 Å². The second-order valence-electron chi connectivity index (χ2n) is 3.00. The molecular formula is C9H12ClN5. The monoisotopic (exact) mass is 225 g/mol. The molecule has 80 valence electrons. The van der Waals surface area contributed by atoms with Crippen molar-refractivity contribution >= 4 is 29.2 Å². The number of aryl methyl sites for hydroxylation is 1. The van der Waals surface area contributed by atoms with E-state index in [1.807, 2.05) is 6.92 Å². The maximum Gasteiger partial charge on any atom is 0.199 e. The van der Waals surface area contributed by atoms with Gasteiger partial charge in [-0.15, -0.1) is 0 Å². The molecule has 0 aromatic heterocycles. The van der Waals surface area contributed by atoms with Crippen molar-refractivity contribution in [2.75, 3.05) is 5.32 Å². The maximum absolute atomic E-state index is 7.40. The van der Waals surface area contributed by atoms with Gasteiger partial charge >= 0.3 is 0 Å². The lowest BCUT2D eigenvalue weighted by Crippen LogP contribution is -2.39. The van der Waals surface area contributed by atoms with Crippen molar-refractivity contribution in [1.82, 2.24) is 5.32 Å². The Morgan fingerprint density at radius 1 is 1.40 bits per heavy atom. The summed E-state index contributed by atoms with van der Waals surface area (Å²) in [5, 5.41) is 20.1. The maximum atomic E-state index is 7.40. The molecule has 0 unspecified atom stereocenters. The molecule has 6 heteroatoms. The first-order valence-corrected chi connectivity index (χ1v) is 4.59. The number of benzene rings is 1. The Bertz CT molecular complexity index is 401. The average Bonchev–Trinajstić information content (AvgIpc) is 2.10. The highest BCUT2D eigenvalue weighted by Crippen LogP contribution is 2.18. The van der Waals surface area contributed by atoms with E-state index in [9.17, 15) is 0 Å². The van der Waals surface area contributed by atoms with Crippen LogP contribution < -0.4 is 16.4 Å². The van der Waals surface area contributed by atoms with E-state index in [2.05, 4.69) is 10.6 Å². The summed E-state index contributed by atoms with van der Waals surface area (Å²) < 4.78 is 0. The summed E-state index contributed by atoms with van der Waals surface area (Å²) >= 11 is 5.85. The molecule has 0 aliphatic heterocycles. The van der Waals surface area contributed by atoms with Gasteiger partial charge < -0.3 is 11.1 Å². The fraction of sp³-hybridized carbons (Fsp3) is 0.111. The van der Waals surface area contributed by atoms with Gasteiger partial charge in [0.2, 0.25) is 0 Å². The molecule has 0 amide bonds. The van der Waals surface area contributed by atoms with Gasteiger partial charge in [-0.2, -0.15) is 0 Å². The largest absolute Gasteiger partial charge is 0.370 e. The molecule has 0 radical (unpaired) electrons. The van der Waals surface area contributed by atoms with Crippen LogP contribution >= 0.6 is 11.6 Å². The van der Waals surface area contributed by atoms with Crippen molar-refractivity contribution in [2.24, 2.45) is 5.73 Å². The Labute approximate surface area is 92.6 Å². The third-order valence-electron chi connectivity index (χ3n) is 1.69. The van der Waals surface area contributed by atoms with Crippen LogP contribution in [0.5, 0.6) is 0 Å². The number of hydrogen-bond donors (Lipinski definition) is 5. The van der Waals surface area contributed by atoms with Crippen LogP contribution in [0.25, 0.3) is 0 Å². The zero-order chi connectivity index (χ0) is 11.4. The summed E-state index contributed by atoms with van der Waals surface area (Å²) in [5.41, 5.74) is 6.70. The number of anilines is 1. The summed E-state index contributed by atoms with van der Waals surface area (Å²) in [7, 11) is 0. The summed E-state index contributed by atoms with van der Waals surface area (Å²) in [5.74, 6) is -0.331. The predicted molar refractivity (Wildman–Crippen MR) is 62.6 cm³/mol. The van der Waals surface area contributed by atoms with Crippen LogP contribution in [0.3, 0.4) is 0 Å². The topological polar surface area (TPSA) is 97.8 Å². The summed E-state index contributed by atoms with van der Waals surface area (Å²) in [6.07, 6.45) is 0. The summed E-state index contributed by atoms with van der Waals surface area (Å²) in [6, 6.07) is 5.28. The van der Waals surface area contributed by atoms with Crippen LogP contribution in [0.2, 0.25) is 5.02 Å². The van der Waals surface area contributed by atoms with E-state index in [-0.39, 0.29) is 11.9 Å². The molecule has 0 spiro atoms. The highest BCUT2D eigenvalue weighted by atomic mass is 35.5. The van der Waals surface area contributed by atoms with E-state index in [0.29, 0.717) is 5.02 Å².